The van der Waals surface area contributed by atoms with Crippen molar-refractivity contribution < 1.29 is 9.84 Å². The molecule has 1 aliphatic carbocycles. The first-order chi connectivity index (χ1) is 16.9. The van der Waals surface area contributed by atoms with Crippen molar-refractivity contribution in [3.8, 4) is 5.75 Å². The van der Waals surface area contributed by atoms with Crippen LogP contribution in [0.15, 0.2) is 59.7 Å². The molecule has 6 heteroatoms. The molecular weight excluding hydrogens is 436 g/mol. The molecule has 0 spiro atoms. The minimum atomic E-state index is -0.213. The predicted molar refractivity (Wildman–Crippen MR) is 144 cm³/mol. The summed E-state index contributed by atoms with van der Waals surface area (Å²) in [5.74, 6) is 1.73. The normalized spacial score (nSPS) is 18.8. The Morgan fingerprint density at radius 3 is 2.71 bits per heavy atom. The van der Waals surface area contributed by atoms with Crippen LogP contribution in [0.25, 0.3) is 5.70 Å². The van der Waals surface area contributed by atoms with Crippen LogP contribution in [0.4, 0.5) is 11.5 Å². The molecule has 0 saturated carbocycles. The maximum atomic E-state index is 9.88. The molecule has 0 bridgehead atoms. The van der Waals surface area contributed by atoms with Crippen molar-refractivity contribution in [3.05, 3.63) is 76.5 Å². The topological polar surface area (TPSA) is 97.6 Å². The van der Waals surface area contributed by atoms with Gasteiger partial charge in [-0.3, -0.25) is 0 Å². The number of piperidine rings is 1. The van der Waals surface area contributed by atoms with E-state index in [9.17, 15) is 5.11 Å². The number of hydrogen-bond donors (Lipinski definition) is 3. The summed E-state index contributed by atoms with van der Waals surface area (Å²) in [4.78, 5) is 7.25. The van der Waals surface area contributed by atoms with Crippen molar-refractivity contribution in [1.29, 1.82) is 0 Å². The second-order valence-corrected chi connectivity index (χ2v) is 9.64. The Hall–Kier alpha value is -3.25. The van der Waals surface area contributed by atoms with Gasteiger partial charge in [0.2, 0.25) is 0 Å². The molecule has 35 heavy (non-hydrogen) atoms. The average molecular weight is 475 g/mol. The van der Waals surface area contributed by atoms with E-state index in [1.807, 2.05) is 37.3 Å². The Kier molecular flexibility index (Phi) is 7.81. The number of aromatic nitrogens is 1. The molecular formula is C29H38N4O2. The molecule has 2 heterocycles. The quantitative estimate of drug-likeness (QED) is 0.515. The number of benzene rings is 1. The average Bonchev–Trinajstić information content (AvgIpc) is 3.05. The summed E-state index contributed by atoms with van der Waals surface area (Å²) in [5, 5.41) is 9.88. The number of para-hydroxylation sites is 1. The number of hydrogen-bond acceptors (Lipinski definition) is 6. The first-order valence-electron chi connectivity index (χ1n) is 12.5. The summed E-state index contributed by atoms with van der Waals surface area (Å²) in [6.07, 6.45) is 8.00. The number of ether oxygens (including phenoxy) is 1. The highest BCUT2D eigenvalue weighted by Crippen LogP contribution is 2.35. The van der Waals surface area contributed by atoms with E-state index >= 15 is 0 Å². The molecule has 2 aromatic rings. The molecule has 0 radical (unpaired) electrons. The van der Waals surface area contributed by atoms with Crippen LogP contribution in [-0.4, -0.2) is 36.4 Å². The number of allylic oxidation sites excluding steroid dienone is 4. The van der Waals surface area contributed by atoms with Crippen molar-refractivity contribution >= 4 is 17.2 Å². The van der Waals surface area contributed by atoms with Gasteiger partial charge in [-0.2, -0.15) is 0 Å². The maximum absolute atomic E-state index is 9.88. The molecule has 5 N–H and O–H groups in total. The summed E-state index contributed by atoms with van der Waals surface area (Å²) in [5.41, 5.74) is 21.1. The molecule has 1 aromatic heterocycles. The highest BCUT2D eigenvalue weighted by atomic mass is 16.5. The van der Waals surface area contributed by atoms with Crippen LogP contribution in [-0.2, 0) is 6.42 Å². The van der Waals surface area contributed by atoms with Gasteiger partial charge >= 0.3 is 0 Å². The number of nitrogens with two attached hydrogens (primary N) is 2. The van der Waals surface area contributed by atoms with Crippen LogP contribution in [0, 0.1) is 6.92 Å². The van der Waals surface area contributed by atoms with E-state index in [1.165, 1.54) is 5.57 Å². The molecule has 0 unspecified atom stereocenters. The van der Waals surface area contributed by atoms with Crippen LogP contribution in [0.2, 0.25) is 0 Å². The fraction of sp³-hybridized carbons (Fsp3) is 0.414. The number of nitrogen functional groups attached to an aromatic ring is 1. The molecule has 1 aliphatic heterocycles. The lowest BCUT2D eigenvalue weighted by Gasteiger charge is -2.32. The van der Waals surface area contributed by atoms with Crippen LogP contribution < -0.4 is 21.1 Å². The van der Waals surface area contributed by atoms with E-state index in [0.29, 0.717) is 0 Å². The van der Waals surface area contributed by atoms with Gasteiger partial charge in [0, 0.05) is 41.3 Å². The zero-order valence-corrected chi connectivity index (χ0v) is 21.0. The lowest BCUT2D eigenvalue weighted by atomic mass is 9.93. The largest absolute Gasteiger partial charge is 0.496 e. The Balaban J connectivity index is 1.53. The fourth-order valence-electron chi connectivity index (χ4n) is 5.00. The van der Waals surface area contributed by atoms with Crippen molar-refractivity contribution in [2.24, 2.45) is 5.73 Å². The van der Waals surface area contributed by atoms with E-state index < -0.39 is 0 Å². The number of methoxy groups -OCH3 is 1. The van der Waals surface area contributed by atoms with Crippen LogP contribution in [0.1, 0.15) is 55.3 Å². The fourth-order valence-corrected chi connectivity index (χ4v) is 5.00. The molecule has 1 saturated heterocycles. The third kappa shape index (κ3) is 5.70. The van der Waals surface area contributed by atoms with Gasteiger partial charge in [-0.1, -0.05) is 30.4 Å². The molecule has 0 atom stereocenters. The minimum absolute atomic E-state index is 0.213. The number of anilines is 2. The Morgan fingerprint density at radius 2 is 1.97 bits per heavy atom. The summed E-state index contributed by atoms with van der Waals surface area (Å²) in [7, 11) is 1.67. The van der Waals surface area contributed by atoms with E-state index in [-0.39, 0.29) is 6.10 Å². The number of aliphatic hydroxyl groups is 1. The minimum Gasteiger partial charge on any atom is -0.496 e. The predicted octanol–water partition coefficient (Wildman–Crippen LogP) is 4.91. The number of pyridine rings is 1. The van der Waals surface area contributed by atoms with Gasteiger partial charge in [0.25, 0.3) is 0 Å². The Bertz CT molecular complexity index is 1140. The lowest BCUT2D eigenvalue weighted by Crippen LogP contribution is -2.37. The third-order valence-corrected chi connectivity index (χ3v) is 7.24. The lowest BCUT2D eigenvalue weighted by molar-refractivity contribution is 0.145. The van der Waals surface area contributed by atoms with Gasteiger partial charge in [0.15, 0.2) is 0 Å². The number of aryl methyl sites for hydroxylation is 1. The van der Waals surface area contributed by atoms with E-state index in [0.717, 1.165) is 109 Å². The second kappa shape index (κ2) is 11.0. The summed E-state index contributed by atoms with van der Waals surface area (Å²) in [6.45, 7) is 7.98. The summed E-state index contributed by atoms with van der Waals surface area (Å²) in [6, 6.07) is 9.88. The Labute approximate surface area is 209 Å². The summed E-state index contributed by atoms with van der Waals surface area (Å²) < 4.78 is 5.55. The number of rotatable bonds is 6. The van der Waals surface area contributed by atoms with E-state index in [2.05, 4.69) is 17.6 Å². The first-order valence-corrected chi connectivity index (χ1v) is 12.5. The van der Waals surface area contributed by atoms with Crippen molar-refractivity contribution in [1.82, 2.24) is 4.98 Å². The van der Waals surface area contributed by atoms with E-state index in [4.69, 9.17) is 21.2 Å². The molecule has 1 fully saturated rings. The monoisotopic (exact) mass is 474 g/mol. The summed E-state index contributed by atoms with van der Waals surface area (Å²) >= 11 is 0. The molecule has 2 aliphatic rings. The van der Waals surface area contributed by atoms with Crippen LogP contribution in [0.3, 0.4) is 0 Å². The molecule has 0 amide bonds. The Morgan fingerprint density at radius 1 is 1.23 bits per heavy atom. The number of aliphatic hydroxyl groups excluding tert-OH is 1. The van der Waals surface area contributed by atoms with Gasteiger partial charge in [-0.05, 0) is 81.2 Å². The van der Waals surface area contributed by atoms with Gasteiger partial charge < -0.3 is 26.2 Å². The van der Waals surface area contributed by atoms with Crippen molar-refractivity contribution in [2.75, 3.05) is 30.8 Å². The maximum Gasteiger partial charge on any atom is 0.133 e. The highest BCUT2D eigenvalue weighted by Gasteiger charge is 2.22. The van der Waals surface area contributed by atoms with Gasteiger partial charge in [0.1, 0.15) is 11.6 Å². The van der Waals surface area contributed by atoms with Gasteiger partial charge in [0.05, 0.1) is 13.2 Å². The molecule has 6 nitrogen and oxygen atoms in total. The smallest absolute Gasteiger partial charge is 0.133 e. The molecule has 4 rings (SSSR count). The van der Waals surface area contributed by atoms with Crippen molar-refractivity contribution in [3.63, 3.8) is 0 Å². The SMILES string of the molecule is C=C1CCC=C(CCc2cc(N)c(C)c(N3CCC(O)CC3)n2)C/C1=C(/N)c1ccccc1OC. The van der Waals surface area contributed by atoms with E-state index in [1.54, 1.807) is 7.11 Å². The van der Waals surface area contributed by atoms with Gasteiger partial charge in [-0.25, -0.2) is 4.98 Å². The van der Waals surface area contributed by atoms with Crippen molar-refractivity contribution in [2.45, 2.75) is 58.0 Å². The number of nitrogens with zero attached hydrogens (tertiary/aromatic N) is 2. The first kappa shape index (κ1) is 24.9. The van der Waals surface area contributed by atoms with Crippen LogP contribution >= 0.6 is 0 Å². The van der Waals surface area contributed by atoms with Gasteiger partial charge in [-0.15, -0.1) is 0 Å². The zero-order valence-electron chi connectivity index (χ0n) is 21.0. The second-order valence-electron chi connectivity index (χ2n) is 9.64. The third-order valence-electron chi connectivity index (χ3n) is 7.24. The zero-order chi connectivity index (χ0) is 24.9. The standard InChI is InChI=1S/C29H38N4O2/c1-19-7-6-8-21(17-25(19)28(31)24-9-4-5-10-27(24)35-3)11-12-22-18-26(30)20(2)29(32-22)33-15-13-23(34)14-16-33/h4-5,8-10,18,23,34H,1,6-7,11-17,31H2,2-3H3,(H2,30,32)/b28-25-. The van der Waals surface area contributed by atoms with Crippen LogP contribution in [0.5, 0.6) is 5.75 Å². The molecule has 1 aromatic carbocycles. The highest BCUT2D eigenvalue weighted by molar-refractivity contribution is 5.74. The molecule has 186 valence electrons.